The fraction of sp³-hybridized carbons (Fsp3) is 0.375. The molecule has 0 spiro atoms. The number of carbonyl (C=O) groups is 1. The predicted molar refractivity (Wildman–Crippen MR) is 123 cm³/mol. The van der Waals surface area contributed by atoms with Gasteiger partial charge in [0.2, 0.25) is 5.91 Å². The van der Waals surface area contributed by atoms with E-state index in [-0.39, 0.29) is 18.0 Å². The van der Waals surface area contributed by atoms with Crippen LogP contribution in [-0.2, 0) is 11.2 Å². The number of carbonyl (C=O) groups excluding carboxylic acids is 1. The second kappa shape index (κ2) is 9.94. The van der Waals surface area contributed by atoms with Gasteiger partial charge in [0.15, 0.2) is 5.16 Å². The van der Waals surface area contributed by atoms with Crippen LogP contribution in [0.1, 0.15) is 44.6 Å². The first kappa shape index (κ1) is 22.1. The lowest BCUT2D eigenvalue weighted by molar-refractivity contribution is -0.131. The van der Waals surface area contributed by atoms with Gasteiger partial charge in [0.1, 0.15) is 5.82 Å². The van der Waals surface area contributed by atoms with Crippen LogP contribution in [-0.4, -0.2) is 43.4 Å². The van der Waals surface area contributed by atoms with E-state index in [2.05, 4.69) is 79.7 Å². The lowest BCUT2D eigenvalue weighted by Crippen LogP contribution is -2.43. The van der Waals surface area contributed by atoms with Gasteiger partial charge >= 0.3 is 0 Å². The Balaban J connectivity index is 1.90. The van der Waals surface area contributed by atoms with Gasteiger partial charge in [-0.1, -0.05) is 54.2 Å². The SMILES string of the molecule is Cc1cccc(-n2c(Cc3ccccc3)nnc2SCC(=O)N(C(C)C)C(C)C)c1. The number of nitrogens with zero attached hydrogens (tertiary/aromatic N) is 4. The van der Waals surface area contributed by atoms with Crippen molar-refractivity contribution in [3.8, 4) is 5.69 Å². The summed E-state index contributed by atoms with van der Waals surface area (Å²) >= 11 is 1.45. The van der Waals surface area contributed by atoms with Crippen LogP contribution in [0.15, 0.2) is 59.8 Å². The monoisotopic (exact) mass is 422 g/mol. The first-order valence-corrected chi connectivity index (χ1v) is 11.3. The van der Waals surface area contributed by atoms with Crippen molar-refractivity contribution in [1.82, 2.24) is 19.7 Å². The Kier molecular flexibility index (Phi) is 7.32. The van der Waals surface area contributed by atoms with E-state index in [1.54, 1.807) is 0 Å². The van der Waals surface area contributed by atoms with Crippen LogP contribution >= 0.6 is 11.8 Å². The smallest absolute Gasteiger partial charge is 0.233 e. The first-order chi connectivity index (χ1) is 14.4. The number of benzene rings is 2. The van der Waals surface area contributed by atoms with Crippen LogP contribution in [0, 0.1) is 6.92 Å². The molecule has 0 saturated heterocycles. The number of rotatable bonds is 8. The van der Waals surface area contributed by atoms with E-state index in [9.17, 15) is 4.79 Å². The lowest BCUT2D eigenvalue weighted by Gasteiger charge is -2.30. The summed E-state index contributed by atoms with van der Waals surface area (Å²) in [4.78, 5) is 14.8. The molecule has 3 rings (SSSR count). The highest BCUT2D eigenvalue weighted by Gasteiger charge is 2.22. The Hall–Kier alpha value is -2.60. The van der Waals surface area contributed by atoms with Gasteiger partial charge < -0.3 is 4.90 Å². The summed E-state index contributed by atoms with van der Waals surface area (Å²) in [5.74, 6) is 1.32. The average molecular weight is 423 g/mol. The Morgan fingerprint density at radius 3 is 2.33 bits per heavy atom. The van der Waals surface area contributed by atoms with Gasteiger partial charge in [0.05, 0.1) is 5.75 Å². The maximum Gasteiger partial charge on any atom is 0.233 e. The molecule has 0 N–H and O–H groups in total. The van der Waals surface area contributed by atoms with Crippen molar-refractivity contribution in [2.24, 2.45) is 0 Å². The van der Waals surface area contributed by atoms with E-state index >= 15 is 0 Å². The molecule has 6 heteroatoms. The minimum atomic E-state index is 0.119. The van der Waals surface area contributed by atoms with E-state index in [0.717, 1.165) is 16.7 Å². The molecule has 5 nitrogen and oxygen atoms in total. The van der Waals surface area contributed by atoms with Gasteiger partial charge in [-0.15, -0.1) is 10.2 Å². The Morgan fingerprint density at radius 2 is 1.70 bits per heavy atom. The molecule has 1 amide bonds. The highest BCUT2D eigenvalue weighted by atomic mass is 32.2. The second-order valence-corrected chi connectivity index (χ2v) is 8.96. The number of hydrogen-bond acceptors (Lipinski definition) is 4. The topological polar surface area (TPSA) is 51.0 Å². The number of thioether (sulfide) groups is 1. The third-order valence-electron chi connectivity index (χ3n) is 4.89. The third-order valence-corrected chi connectivity index (χ3v) is 5.80. The fourth-order valence-electron chi connectivity index (χ4n) is 3.69. The van der Waals surface area contributed by atoms with Crippen LogP contribution < -0.4 is 0 Å². The number of hydrogen-bond donors (Lipinski definition) is 0. The van der Waals surface area contributed by atoms with E-state index in [1.807, 2.05) is 29.2 Å². The van der Waals surface area contributed by atoms with Gasteiger partial charge in [0.25, 0.3) is 0 Å². The van der Waals surface area contributed by atoms with Gasteiger partial charge in [0, 0.05) is 24.2 Å². The van der Waals surface area contributed by atoms with Gasteiger partial charge in [-0.3, -0.25) is 9.36 Å². The summed E-state index contributed by atoms with van der Waals surface area (Å²) in [5.41, 5.74) is 3.37. The molecule has 0 radical (unpaired) electrons. The van der Waals surface area contributed by atoms with E-state index in [1.165, 1.54) is 22.9 Å². The van der Waals surface area contributed by atoms with Gasteiger partial charge in [-0.05, 0) is 57.9 Å². The van der Waals surface area contributed by atoms with Crippen molar-refractivity contribution in [2.75, 3.05) is 5.75 Å². The molecule has 0 aliphatic rings. The summed E-state index contributed by atoms with van der Waals surface area (Å²) < 4.78 is 2.08. The van der Waals surface area contributed by atoms with Crippen LogP contribution in [0.4, 0.5) is 0 Å². The van der Waals surface area contributed by atoms with Crippen molar-refractivity contribution in [3.63, 3.8) is 0 Å². The minimum Gasteiger partial charge on any atom is -0.337 e. The van der Waals surface area contributed by atoms with E-state index < -0.39 is 0 Å². The van der Waals surface area contributed by atoms with E-state index in [4.69, 9.17) is 0 Å². The number of aryl methyl sites for hydroxylation is 1. The standard InChI is InChI=1S/C24H30N4OS/c1-17(2)27(18(3)4)23(29)16-30-24-26-25-22(15-20-11-7-6-8-12-20)28(24)21-13-9-10-19(5)14-21/h6-14,17-18H,15-16H2,1-5H3. The maximum absolute atomic E-state index is 12.8. The molecule has 3 aromatic rings. The predicted octanol–water partition coefficient (Wildman–Crippen LogP) is 4.90. The molecule has 0 aliphatic heterocycles. The Morgan fingerprint density at radius 1 is 1.00 bits per heavy atom. The van der Waals surface area contributed by atoms with Crippen molar-refractivity contribution < 1.29 is 4.79 Å². The fourth-order valence-corrected chi connectivity index (χ4v) is 4.53. The molecule has 0 fully saturated rings. The quantitative estimate of drug-likeness (QED) is 0.484. The maximum atomic E-state index is 12.8. The molecule has 1 aromatic heterocycles. The highest BCUT2D eigenvalue weighted by Crippen LogP contribution is 2.25. The van der Waals surface area contributed by atoms with Crippen LogP contribution in [0.3, 0.4) is 0 Å². The lowest BCUT2D eigenvalue weighted by atomic mass is 10.1. The number of aromatic nitrogens is 3. The Bertz CT molecular complexity index is 974. The summed E-state index contributed by atoms with van der Waals surface area (Å²) in [6, 6.07) is 18.9. The zero-order valence-corrected chi connectivity index (χ0v) is 19.2. The molecule has 0 bridgehead atoms. The molecule has 0 aliphatic carbocycles. The minimum absolute atomic E-state index is 0.119. The van der Waals surface area contributed by atoms with Crippen molar-refractivity contribution >= 4 is 17.7 Å². The largest absolute Gasteiger partial charge is 0.337 e. The van der Waals surface area contributed by atoms with Gasteiger partial charge in [-0.25, -0.2) is 0 Å². The van der Waals surface area contributed by atoms with Crippen molar-refractivity contribution in [3.05, 3.63) is 71.5 Å². The molecule has 0 saturated carbocycles. The molecule has 1 heterocycles. The summed E-state index contributed by atoms with van der Waals surface area (Å²) in [7, 11) is 0. The van der Waals surface area contributed by atoms with Crippen LogP contribution in [0.2, 0.25) is 0 Å². The molecule has 0 atom stereocenters. The van der Waals surface area contributed by atoms with Gasteiger partial charge in [-0.2, -0.15) is 0 Å². The van der Waals surface area contributed by atoms with Crippen molar-refractivity contribution in [2.45, 2.75) is 58.3 Å². The third kappa shape index (κ3) is 5.30. The molecule has 30 heavy (non-hydrogen) atoms. The zero-order valence-electron chi connectivity index (χ0n) is 18.4. The van der Waals surface area contributed by atoms with Crippen molar-refractivity contribution in [1.29, 1.82) is 0 Å². The molecule has 2 aromatic carbocycles. The number of amides is 1. The molecular weight excluding hydrogens is 392 g/mol. The summed E-state index contributed by atoms with van der Waals surface area (Å²) in [5, 5.41) is 9.67. The molecule has 0 unspecified atom stereocenters. The first-order valence-electron chi connectivity index (χ1n) is 10.4. The van der Waals surface area contributed by atoms with Crippen LogP contribution in [0.5, 0.6) is 0 Å². The second-order valence-electron chi connectivity index (χ2n) is 8.01. The molecule has 158 valence electrons. The average Bonchev–Trinajstić information content (AvgIpc) is 3.09. The summed E-state index contributed by atoms with van der Waals surface area (Å²) in [6.45, 7) is 10.3. The zero-order chi connectivity index (χ0) is 21.7. The highest BCUT2D eigenvalue weighted by molar-refractivity contribution is 7.99. The van der Waals surface area contributed by atoms with Crippen LogP contribution in [0.25, 0.3) is 5.69 Å². The Labute approximate surface area is 183 Å². The molecular formula is C24H30N4OS. The summed E-state index contributed by atoms with van der Waals surface area (Å²) in [6.07, 6.45) is 0.681. The normalized spacial score (nSPS) is 11.3. The van der Waals surface area contributed by atoms with E-state index in [0.29, 0.717) is 12.2 Å².